The lowest BCUT2D eigenvalue weighted by molar-refractivity contribution is -0.123. The van der Waals surface area contributed by atoms with Crippen LogP contribution in [0.2, 0.25) is 0 Å². The summed E-state index contributed by atoms with van der Waals surface area (Å²) in [5.74, 6) is -0.361. The summed E-state index contributed by atoms with van der Waals surface area (Å²) in [6.45, 7) is 2.94. The summed E-state index contributed by atoms with van der Waals surface area (Å²) in [6.07, 6.45) is 0.855. The molecule has 0 saturated carbocycles. The smallest absolute Gasteiger partial charge is 0.338 e. The summed E-state index contributed by atoms with van der Waals surface area (Å²) in [6, 6.07) is 4.52. The van der Waals surface area contributed by atoms with E-state index in [-0.39, 0.29) is 24.8 Å². The van der Waals surface area contributed by atoms with E-state index in [1.807, 2.05) is 6.92 Å². The Bertz CT molecular complexity index is 505. The molecule has 0 radical (unpaired) electrons. The van der Waals surface area contributed by atoms with E-state index in [1.54, 1.807) is 0 Å². The summed E-state index contributed by atoms with van der Waals surface area (Å²) < 4.78 is 15.1. The van der Waals surface area contributed by atoms with Crippen molar-refractivity contribution in [3.8, 4) is 5.75 Å². The molecule has 0 saturated heterocycles. The van der Waals surface area contributed by atoms with Gasteiger partial charge in [-0.25, -0.2) is 4.79 Å². The van der Waals surface area contributed by atoms with Crippen LogP contribution in [0, 0.1) is 0 Å². The predicted molar refractivity (Wildman–Crippen MR) is 81.8 cm³/mol. The average molecular weight is 310 g/mol. The van der Waals surface area contributed by atoms with Crippen LogP contribution in [0.15, 0.2) is 18.2 Å². The van der Waals surface area contributed by atoms with Crippen molar-refractivity contribution in [2.24, 2.45) is 0 Å². The minimum atomic E-state index is -0.490. The number of nitrogen functional groups attached to an aromatic ring is 1. The van der Waals surface area contributed by atoms with Gasteiger partial charge in [-0.1, -0.05) is 6.92 Å². The third-order valence-electron chi connectivity index (χ3n) is 2.70. The molecule has 0 atom stereocenters. The molecule has 3 N–H and O–H groups in total. The first-order chi connectivity index (χ1) is 10.6. The van der Waals surface area contributed by atoms with Gasteiger partial charge in [0, 0.05) is 13.7 Å². The molecule has 0 spiro atoms. The molecule has 7 nitrogen and oxygen atoms in total. The second kappa shape index (κ2) is 9.62. The molecule has 0 aliphatic rings. The van der Waals surface area contributed by atoms with Crippen molar-refractivity contribution in [2.75, 3.05) is 39.2 Å². The van der Waals surface area contributed by atoms with E-state index in [1.165, 1.54) is 25.3 Å². The molecule has 1 aromatic carbocycles. The van der Waals surface area contributed by atoms with Crippen molar-refractivity contribution < 1.29 is 23.8 Å². The van der Waals surface area contributed by atoms with Gasteiger partial charge < -0.3 is 25.3 Å². The Hall–Kier alpha value is -2.28. The van der Waals surface area contributed by atoms with E-state index in [0.29, 0.717) is 24.5 Å². The largest absolute Gasteiger partial charge is 0.482 e. The lowest BCUT2D eigenvalue weighted by atomic mass is 10.2. The number of hydrogen-bond donors (Lipinski definition) is 2. The highest BCUT2D eigenvalue weighted by molar-refractivity contribution is 5.91. The molecule has 7 heteroatoms. The predicted octanol–water partition coefficient (Wildman–Crippen LogP) is 0.977. The first kappa shape index (κ1) is 17.8. The number of hydrogen-bond acceptors (Lipinski definition) is 6. The normalized spacial score (nSPS) is 10.1. The van der Waals surface area contributed by atoms with Crippen LogP contribution in [0.1, 0.15) is 23.7 Å². The first-order valence-corrected chi connectivity index (χ1v) is 7.03. The molecule has 1 amide bonds. The highest BCUT2D eigenvalue weighted by atomic mass is 16.6. The van der Waals surface area contributed by atoms with Gasteiger partial charge in [0.15, 0.2) is 6.61 Å². The molecule has 22 heavy (non-hydrogen) atoms. The molecule has 122 valence electrons. The van der Waals surface area contributed by atoms with Gasteiger partial charge in [-0.05, 0) is 24.6 Å². The maximum absolute atomic E-state index is 11.7. The fraction of sp³-hybridized carbons (Fsp3) is 0.467. The molecule has 0 bridgehead atoms. The molecule has 0 heterocycles. The second-order valence-corrected chi connectivity index (χ2v) is 4.52. The average Bonchev–Trinajstić information content (AvgIpc) is 2.51. The van der Waals surface area contributed by atoms with Crippen LogP contribution in [-0.4, -0.2) is 45.4 Å². The van der Waals surface area contributed by atoms with E-state index in [9.17, 15) is 9.59 Å². The Labute approximate surface area is 129 Å². The van der Waals surface area contributed by atoms with E-state index >= 15 is 0 Å². The minimum absolute atomic E-state index is 0.123. The lowest BCUT2D eigenvalue weighted by Crippen LogP contribution is -2.29. The van der Waals surface area contributed by atoms with E-state index in [0.717, 1.165) is 6.42 Å². The molecule has 0 fully saturated rings. The third-order valence-corrected chi connectivity index (χ3v) is 2.70. The first-order valence-electron chi connectivity index (χ1n) is 7.03. The SMILES string of the molecule is CCCNC(=O)COc1ccc(C(=O)OCCOC)cc1N. The number of nitrogens with one attached hydrogen (secondary N) is 1. The zero-order chi connectivity index (χ0) is 16.4. The fourth-order valence-corrected chi connectivity index (χ4v) is 1.57. The number of amides is 1. The Morgan fingerprint density at radius 2 is 2.05 bits per heavy atom. The molecule has 0 aliphatic carbocycles. The van der Waals surface area contributed by atoms with Gasteiger partial charge >= 0.3 is 5.97 Å². The van der Waals surface area contributed by atoms with Gasteiger partial charge in [0.1, 0.15) is 12.4 Å². The molecule has 0 aliphatic heterocycles. The number of anilines is 1. The number of benzene rings is 1. The maximum Gasteiger partial charge on any atom is 0.338 e. The van der Waals surface area contributed by atoms with Crippen molar-refractivity contribution in [1.29, 1.82) is 0 Å². The van der Waals surface area contributed by atoms with E-state index in [2.05, 4.69) is 5.32 Å². The van der Waals surface area contributed by atoms with Gasteiger partial charge in [-0.2, -0.15) is 0 Å². The highest BCUT2D eigenvalue weighted by Crippen LogP contribution is 2.22. The van der Waals surface area contributed by atoms with Crippen LogP contribution in [0.4, 0.5) is 5.69 Å². The number of nitrogens with two attached hydrogens (primary N) is 1. The quantitative estimate of drug-likeness (QED) is 0.400. The van der Waals surface area contributed by atoms with Crippen molar-refractivity contribution in [3.63, 3.8) is 0 Å². The van der Waals surface area contributed by atoms with Gasteiger partial charge in [-0.15, -0.1) is 0 Å². The van der Waals surface area contributed by atoms with Crippen molar-refractivity contribution in [1.82, 2.24) is 5.32 Å². The Morgan fingerprint density at radius 3 is 2.68 bits per heavy atom. The third kappa shape index (κ3) is 6.01. The number of carbonyl (C=O) groups excluding carboxylic acids is 2. The minimum Gasteiger partial charge on any atom is -0.482 e. The standard InChI is InChI=1S/C15H22N2O5/c1-3-6-17-14(18)10-22-13-5-4-11(9-12(13)16)15(19)21-8-7-20-2/h4-5,9H,3,6-8,10,16H2,1-2H3,(H,17,18). The number of rotatable bonds is 9. The number of esters is 1. The van der Waals surface area contributed by atoms with Crippen LogP contribution < -0.4 is 15.8 Å². The van der Waals surface area contributed by atoms with Crippen LogP contribution in [-0.2, 0) is 14.3 Å². The molecular weight excluding hydrogens is 288 g/mol. The van der Waals surface area contributed by atoms with Gasteiger partial charge in [0.05, 0.1) is 17.9 Å². The topological polar surface area (TPSA) is 99.9 Å². The molecule has 1 rings (SSSR count). The van der Waals surface area contributed by atoms with Gasteiger partial charge in [0.2, 0.25) is 0 Å². The Kier molecular flexibility index (Phi) is 7.77. The number of methoxy groups -OCH3 is 1. The van der Waals surface area contributed by atoms with Crippen molar-refractivity contribution in [2.45, 2.75) is 13.3 Å². The van der Waals surface area contributed by atoms with Gasteiger partial charge in [0.25, 0.3) is 5.91 Å². The van der Waals surface area contributed by atoms with E-state index in [4.69, 9.17) is 19.9 Å². The molecule has 0 aromatic heterocycles. The Balaban J connectivity index is 2.54. The Morgan fingerprint density at radius 1 is 1.27 bits per heavy atom. The van der Waals surface area contributed by atoms with Gasteiger partial charge in [-0.3, -0.25) is 4.79 Å². The number of carbonyl (C=O) groups is 2. The lowest BCUT2D eigenvalue weighted by Gasteiger charge is -2.10. The summed E-state index contributed by atoms with van der Waals surface area (Å²) in [4.78, 5) is 23.2. The molecule has 0 unspecified atom stereocenters. The summed E-state index contributed by atoms with van der Waals surface area (Å²) in [7, 11) is 1.52. The monoisotopic (exact) mass is 310 g/mol. The highest BCUT2D eigenvalue weighted by Gasteiger charge is 2.11. The van der Waals surface area contributed by atoms with Crippen LogP contribution >= 0.6 is 0 Å². The maximum atomic E-state index is 11.7. The molecular formula is C15H22N2O5. The summed E-state index contributed by atoms with van der Waals surface area (Å²) >= 11 is 0. The summed E-state index contributed by atoms with van der Waals surface area (Å²) in [5, 5.41) is 2.69. The zero-order valence-corrected chi connectivity index (χ0v) is 12.9. The zero-order valence-electron chi connectivity index (χ0n) is 12.9. The number of ether oxygens (including phenoxy) is 3. The second-order valence-electron chi connectivity index (χ2n) is 4.52. The summed E-state index contributed by atoms with van der Waals surface area (Å²) in [5.41, 5.74) is 6.40. The van der Waals surface area contributed by atoms with Crippen LogP contribution in [0.5, 0.6) is 5.75 Å². The van der Waals surface area contributed by atoms with Crippen LogP contribution in [0.3, 0.4) is 0 Å². The molecule has 1 aromatic rings. The van der Waals surface area contributed by atoms with Crippen molar-refractivity contribution in [3.05, 3.63) is 23.8 Å². The van der Waals surface area contributed by atoms with Crippen LogP contribution in [0.25, 0.3) is 0 Å². The fourth-order valence-electron chi connectivity index (χ4n) is 1.57. The van der Waals surface area contributed by atoms with Crippen molar-refractivity contribution >= 4 is 17.6 Å². The van der Waals surface area contributed by atoms with E-state index < -0.39 is 5.97 Å².